The van der Waals surface area contributed by atoms with E-state index in [2.05, 4.69) is 19.9 Å². The van der Waals surface area contributed by atoms with E-state index in [4.69, 9.17) is 22.7 Å². The maximum absolute atomic E-state index is 6.99. The minimum atomic E-state index is 0.0809. The molecule has 0 bridgehead atoms. The highest BCUT2D eigenvalue weighted by Gasteiger charge is 2.02. The Kier molecular flexibility index (Phi) is 6.38. The fourth-order valence-electron chi connectivity index (χ4n) is 2.30. The number of hydrogen-bond acceptors (Lipinski definition) is 5. The van der Waals surface area contributed by atoms with E-state index in [-0.39, 0.29) is 5.84 Å². The molecule has 3 heterocycles. The van der Waals surface area contributed by atoms with Gasteiger partial charge in [-0.05, 0) is 42.0 Å². The molecule has 6 nitrogen and oxygen atoms in total. The second-order valence-corrected chi connectivity index (χ2v) is 6.12. The Morgan fingerprint density at radius 3 is 1.75 bits per heavy atom. The number of rotatable bonds is 3. The minimum Gasteiger partial charge on any atom is -0.384 e. The first-order valence-corrected chi connectivity index (χ1v) is 8.74. The molecule has 1 aromatic carbocycles. The molecule has 28 heavy (non-hydrogen) atoms. The number of hydrogen-bond donors (Lipinski definition) is 2. The lowest BCUT2D eigenvalue weighted by atomic mass is 10.1. The van der Waals surface area contributed by atoms with Crippen LogP contribution in [0.4, 0.5) is 0 Å². The Bertz CT molecular complexity index is 1020. The van der Waals surface area contributed by atoms with Crippen molar-refractivity contribution < 1.29 is 0 Å². The number of amidine groups is 1. The average Bonchev–Trinajstić information content (AvgIpc) is 2.76. The molecular weight excluding hydrogens is 372 g/mol. The number of nitrogens with two attached hydrogens (primary N) is 1. The molecule has 0 aliphatic rings. The van der Waals surface area contributed by atoms with E-state index >= 15 is 0 Å². The molecule has 0 aliphatic carbocycles. The van der Waals surface area contributed by atoms with Crippen LogP contribution in [0, 0.1) is 5.41 Å². The summed E-state index contributed by atoms with van der Waals surface area (Å²) in [6.45, 7) is 0. The zero-order valence-corrected chi connectivity index (χ0v) is 15.6. The maximum atomic E-state index is 6.99. The van der Waals surface area contributed by atoms with Crippen LogP contribution in [0.15, 0.2) is 85.7 Å². The van der Waals surface area contributed by atoms with Gasteiger partial charge in [-0.1, -0.05) is 23.7 Å². The molecule has 138 valence electrons. The average molecular weight is 389 g/mol. The van der Waals surface area contributed by atoms with E-state index in [0.717, 1.165) is 21.7 Å². The molecule has 3 N–H and O–H groups in total. The maximum Gasteiger partial charge on any atom is 0.159 e. The highest BCUT2D eigenvalue weighted by atomic mass is 35.5. The molecule has 0 radical (unpaired) electrons. The van der Waals surface area contributed by atoms with Crippen LogP contribution < -0.4 is 5.73 Å². The van der Waals surface area contributed by atoms with Crippen LogP contribution in [0.5, 0.6) is 0 Å². The van der Waals surface area contributed by atoms with Gasteiger partial charge in [-0.25, -0.2) is 9.97 Å². The van der Waals surface area contributed by atoms with Gasteiger partial charge < -0.3 is 5.73 Å². The third kappa shape index (κ3) is 5.18. The molecule has 0 unspecified atom stereocenters. The van der Waals surface area contributed by atoms with Crippen molar-refractivity contribution in [1.82, 2.24) is 19.9 Å². The monoisotopic (exact) mass is 388 g/mol. The first-order chi connectivity index (χ1) is 13.6. The van der Waals surface area contributed by atoms with E-state index in [0.29, 0.717) is 11.4 Å². The fraction of sp³-hybridized carbons (Fsp3) is 0. The van der Waals surface area contributed by atoms with Crippen molar-refractivity contribution in [3.8, 4) is 22.5 Å². The Hall–Kier alpha value is -3.64. The van der Waals surface area contributed by atoms with Gasteiger partial charge in [-0.2, -0.15) is 0 Å². The van der Waals surface area contributed by atoms with E-state index in [1.807, 2.05) is 48.8 Å². The van der Waals surface area contributed by atoms with Gasteiger partial charge in [0.2, 0.25) is 0 Å². The Labute approximate surface area is 167 Å². The van der Waals surface area contributed by atoms with Crippen LogP contribution in [-0.4, -0.2) is 25.8 Å². The quantitative estimate of drug-likeness (QED) is 0.404. The Morgan fingerprint density at radius 1 is 0.714 bits per heavy atom. The highest BCUT2D eigenvalue weighted by Crippen LogP contribution is 2.21. The van der Waals surface area contributed by atoms with Crippen molar-refractivity contribution in [3.05, 3.63) is 96.3 Å². The first-order valence-electron chi connectivity index (χ1n) is 8.36. The standard InChI is InChI=1S/C15H10ClN3.C6H7N3/c16-14-3-1-11(2-4-14)13-9-18-15(19-10-13)12-5-7-17-8-6-12;7-6(8)5-1-3-9-4-2-5/h1-10H;1-4H,(H3,7,8). The van der Waals surface area contributed by atoms with Gasteiger partial charge in [-0.3, -0.25) is 15.4 Å². The molecule has 0 saturated carbocycles. The highest BCUT2D eigenvalue weighted by molar-refractivity contribution is 6.30. The Balaban J connectivity index is 0.000000211. The summed E-state index contributed by atoms with van der Waals surface area (Å²) in [7, 11) is 0. The number of halogens is 1. The summed E-state index contributed by atoms with van der Waals surface area (Å²) in [5.41, 5.74) is 8.85. The molecule has 0 atom stereocenters. The van der Waals surface area contributed by atoms with Gasteiger partial charge in [0.05, 0.1) is 0 Å². The van der Waals surface area contributed by atoms with Crippen molar-refractivity contribution in [2.45, 2.75) is 0 Å². The zero-order chi connectivity index (χ0) is 19.8. The summed E-state index contributed by atoms with van der Waals surface area (Å²) in [5, 5.41) is 7.71. The fourth-order valence-corrected chi connectivity index (χ4v) is 2.43. The third-order valence-corrected chi connectivity index (χ3v) is 4.01. The predicted octanol–water partition coefficient (Wildman–Crippen LogP) is 4.22. The first kappa shape index (κ1) is 19.1. The number of nitrogens with zero attached hydrogens (tertiary/aromatic N) is 4. The summed E-state index contributed by atoms with van der Waals surface area (Å²) < 4.78 is 0. The lowest BCUT2D eigenvalue weighted by molar-refractivity contribution is 1.17. The van der Waals surface area contributed by atoms with Crippen molar-refractivity contribution in [3.63, 3.8) is 0 Å². The topological polar surface area (TPSA) is 101 Å². The molecule has 0 fully saturated rings. The molecular formula is C21H17ClN6. The second-order valence-electron chi connectivity index (χ2n) is 5.69. The van der Waals surface area contributed by atoms with Gasteiger partial charge in [0.25, 0.3) is 0 Å². The summed E-state index contributed by atoms with van der Waals surface area (Å²) in [5.74, 6) is 0.775. The van der Waals surface area contributed by atoms with Gasteiger partial charge in [0, 0.05) is 58.9 Å². The summed E-state index contributed by atoms with van der Waals surface area (Å²) in [6.07, 6.45) is 10.3. The van der Waals surface area contributed by atoms with Gasteiger partial charge >= 0.3 is 0 Å². The molecule has 0 amide bonds. The molecule has 3 aromatic heterocycles. The van der Waals surface area contributed by atoms with Crippen molar-refractivity contribution in [2.75, 3.05) is 0 Å². The largest absolute Gasteiger partial charge is 0.384 e. The summed E-state index contributed by atoms with van der Waals surface area (Å²) in [6, 6.07) is 14.8. The summed E-state index contributed by atoms with van der Waals surface area (Å²) >= 11 is 5.87. The van der Waals surface area contributed by atoms with Crippen LogP contribution in [0.1, 0.15) is 5.56 Å². The lowest BCUT2D eigenvalue weighted by Crippen LogP contribution is -2.10. The number of benzene rings is 1. The van der Waals surface area contributed by atoms with Crippen LogP contribution in [-0.2, 0) is 0 Å². The SMILES string of the molecule is Clc1ccc(-c2cnc(-c3ccncc3)nc2)cc1.N=C(N)c1ccncc1. The number of aromatic nitrogens is 4. The van der Waals surface area contributed by atoms with Crippen molar-refractivity contribution in [2.24, 2.45) is 5.73 Å². The molecule has 0 spiro atoms. The minimum absolute atomic E-state index is 0.0809. The molecule has 4 aromatic rings. The van der Waals surface area contributed by atoms with Crippen LogP contribution in [0.25, 0.3) is 22.5 Å². The number of nitrogens with one attached hydrogen (secondary N) is 1. The van der Waals surface area contributed by atoms with Gasteiger partial charge in [0.1, 0.15) is 5.84 Å². The van der Waals surface area contributed by atoms with Gasteiger partial charge in [-0.15, -0.1) is 0 Å². The Morgan fingerprint density at radius 2 is 1.25 bits per heavy atom. The molecule has 4 rings (SSSR count). The third-order valence-electron chi connectivity index (χ3n) is 3.76. The van der Waals surface area contributed by atoms with Crippen molar-refractivity contribution >= 4 is 17.4 Å². The zero-order valence-electron chi connectivity index (χ0n) is 14.8. The van der Waals surface area contributed by atoms with Crippen molar-refractivity contribution in [1.29, 1.82) is 5.41 Å². The van der Waals surface area contributed by atoms with Crippen LogP contribution in [0.3, 0.4) is 0 Å². The molecule has 0 saturated heterocycles. The van der Waals surface area contributed by atoms with Crippen LogP contribution >= 0.6 is 11.6 Å². The van der Waals surface area contributed by atoms with E-state index in [1.165, 1.54) is 0 Å². The van der Waals surface area contributed by atoms with Crippen LogP contribution in [0.2, 0.25) is 5.02 Å². The number of nitrogen functional groups attached to an aromatic ring is 1. The number of pyridine rings is 2. The molecule has 0 aliphatic heterocycles. The predicted molar refractivity (Wildman–Crippen MR) is 111 cm³/mol. The van der Waals surface area contributed by atoms with E-state index < -0.39 is 0 Å². The second kappa shape index (κ2) is 9.34. The van der Waals surface area contributed by atoms with E-state index in [9.17, 15) is 0 Å². The lowest BCUT2D eigenvalue weighted by Gasteiger charge is -2.03. The van der Waals surface area contributed by atoms with Gasteiger partial charge in [0.15, 0.2) is 5.82 Å². The summed E-state index contributed by atoms with van der Waals surface area (Å²) in [4.78, 5) is 16.5. The normalized spacial score (nSPS) is 9.89. The van der Waals surface area contributed by atoms with E-state index in [1.54, 1.807) is 36.9 Å². The smallest absolute Gasteiger partial charge is 0.159 e. The molecule has 7 heteroatoms.